The highest BCUT2D eigenvalue weighted by Gasteiger charge is 2.36. The third-order valence-corrected chi connectivity index (χ3v) is 6.24. The summed E-state index contributed by atoms with van der Waals surface area (Å²) in [5.41, 5.74) is 5.37. The number of furan rings is 1. The number of carbonyl (C=O) groups excluding carboxylic acids is 1. The molecular weight excluding hydrogens is 410 g/mol. The number of nitrogens with zero attached hydrogens (tertiary/aromatic N) is 4. The standard InChI is InChI=1S/C23H19N5O2S/c1-13-7-4-5-8-18(13)27-14(2)11-16(15(27)3)12-17-20(24)28-23(25-21(17)29)31-22(26-28)19-9-6-10-30-19/h4-12,24H,1-3H3/b17-12+,24-20?. The smallest absolute Gasteiger partial charge is 0.283 e. The number of amidine groups is 2. The molecule has 0 atom stereocenters. The maximum Gasteiger partial charge on any atom is 0.283 e. The molecule has 2 aliphatic rings. The number of rotatable bonds is 3. The fourth-order valence-corrected chi connectivity index (χ4v) is 4.63. The van der Waals surface area contributed by atoms with Crippen molar-refractivity contribution in [3.63, 3.8) is 0 Å². The van der Waals surface area contributed by atoms with E-state index in [2.05, 4.69) is 33.7 Å². The lowest BCUT2D eigenvalue weighted by Gasteiger charge is -2.20. The van der Waals surface area contributed by atoms with Crippen LogP contribution in [-0.2, 0) is 4.79 Å². The third-order valence-electron chi connectivity index (χ3n) is 5.31. The maximum absolute atomic E-state index is 12.8. The van der Waals surface area contributed by atoms with Crippen molar-refractivity contribution in [3.8, 4) is 5.69 Å². The van der Waals surface area contributed by atoms with Gasteiger partial charge in [0.2, 0.25) is 5.17 Å². The van der Waals surface area contributed by atoms with E-state index >= 15 is 0 Å². The van der Waals surface area contributed by atoms with Crippen LogP contribution in [0.4, 0.5) is 0 Å². The van der Waals surface area contributed by atoms with Crippen LogP contribution >= 0.6 is 11.8 Å². The number of nitrogens with one attached hydrogen (secondary N) is 1. The van der Waals surface area contributed by atoms with E-state index in [-0.39, 0.29) is 11.4 Å². The number of amides is 1. The minimum atomic E-state index is -0.444. The van der Waals surface area contributed by atoms with Gasteiger partial charge in [0.05, 0.1) is 11.8 Å². The summed E-state index contributed by atoms with van der Waals surface area (Å²) in [5, 5.41) is 15.3. The largest absolute Gasteiger partial charge is 0.462 e. The highest BCUT2D eigenvalue weighted by molar-refractivity contribution is 8.27. The molecule has 3 aromatic rings. The summed E-state index contributed by atoms with van der Waals surface area (Å²) >= 11 is 1.22. The Bertz CT molecular complexity index is 1330. The second kappa shape index (κ2) is 7.24. The molecular formula is C23H19N5O2S. The lowest BCUT2D eigenvalue weighted by Crippen LogP contribution is -2.35. The fraction of sp³-hybridized carbons (Fsp3) is 0.130. The van der Waals surface area contributed by atoms with Crippen molar-refractivity contribution in [3.05, 3.63) is 82.6 Å². The minimum Gasteiger partial charge on any atom is -0.462 e. The number of aromatic nitrogens is 1. The van der Waals surface area contributed by atoms with Crippen molar-refractivity contribution in [1.29, 1.82) is 5.41 Å². The van der Waals surface area contributed by atoms with Crippen LogP contribution in [0, 0.1) is 26.2 Å². The number of hydrazone groups is 1. The van der Waals surface area contributed by atoms with Crippen LogP contribution in [0.1, 0.15) is 28.3 Å². The first kappa shape index (κ1) is 19.3. The summed E-state index contributed by atoms with van der Waals surface area (Å²) in [7, 11) is 0. The maximum atomic E-state index is 12.8. The van der Waals surface area contributed by atoms with Crippen molar-refractivity contribution >= 4 is 39.8 Å². The lowest BCUT2D eigenvalue weighted by molar-refractivity contribution is -0.114. The molecule has 0 unspecified atom stereocenters. The number of thioether (sulfide) groups is 1. The van der Waals surface area contributed by atoms with E-state index in [1.165, 1.54) is 16.8 Å². The zero-order valence-electron chi connectivity index (χ0n) is 17.2. The van der Waals surface area contributed by atoms with E-state index in [1.807, 2.05) is 32.0 Å². The number of para-hydroxylation sites is 1. The summed E-state index contributed by atoms with van der Waals surface area (Å²) in [6.45, 7) is 6.11. The molecule has 1 N–H and O–H groups in total. The Morgan fingerprint density at radius 1 is 1.13 bits per heavy atom. The number of hydrogen-bond acceptors (Lipinski definition) is 5. The van der Waals surface area contributed by atoms with Gasteiger partial charge in [-0.2, -0.15) is 15.1 Å². The van der Waals surface area contributed by atoms with Gasteiger partial charge in [0.15, 0.2) is 16.6 Å². The van der Waals surface area contributed by atoms with Crippen LogP contribution in [0.5, 0.6) is 0 Å². The Kier molecular flexibility index (Phi) is 4.51. The minimum absolute atomic E-state index is 0.00440. The number of aliphatic imine (C=N–C) groups is 1. The zero-order chi connectivity index (χ0) is 21.7. The summed E-state index contributed by atoms with van der Waals surface area (Å²) < 4.78 is 7.54. The summed E-state index contributed by atoms with van der Waals surface area (Å²) in [4.78, 5) is 16.9. The van der Waals surface area contributed by atoms with E-state index in [9.17, 15) is 4.79 Å². The number of carbonyl (C=O) groups is 1. The Balaban J connectivity index is 1.54. The van der Waals surface area contributed by atoms with Crippen molar-refractivity contribution in [2.24, 2.45) is 10.1 Å². The van der Waals surface area contributed by atoms with E-state index in [0.717, 1.165) is 28.2 Å². The summed E-state index contributed by atoms with van der Waals surface area (Å²) in [6, 6.07) is 13.7. The quantitative estimate of drug-likeness (QED) is 0.613. The van der Waals surface area contributed by atoms with Gasteiger partial charge in [0.25, 0.3) is 5.91 Å². The molecule has 2 aromatic heterocycles. The first-order chi connectivity index (χ1) is 14.9. The molecule has 8 heteroatoms. The molecule has 0 radical (unpaired) electrons. The van der Waals surface area contributed by atoms with Gasteiger partial charge in [-0.05, 0) is 74.0 Å². The average Bonchev–Trinajstić information content (AvgIpc) is 3.46. The molecule has 1 amide bonds. The topological polar surface area (TPSA) is 86.9 Å². The monoisotopic (exact) mass is 429 g/mol. The van der Waals surface area contributed by atoms with Crippen LogP contribution in [-0.4, -0.2) is 31.5 Å². The van der Waals surface area contributed by atoms with Gasteiger partial charge in [-0.1, -0.05) is 18.2 Å². The first-order valence-corrected chi connectivity index (χ1v) is 10.5. The molecule has 0 spiro atoms. The summed E-state index contributed by atoms with van der Waals surface area (Å²) in [6.07, 6.45) is 3.29. The molecule has 0 saturated carbocycles. The van der Waals surface area contributed by atoms with E-state index in [1.54, 1.807) is 24.5 Å². The predicted octanol–water partition coefficient (Wildman–Crippen LogP) is 4.66. The second-order valence-corrected chi connectivity index (χ2v) is 8.31. The van der Waals surface area contributed by atoms with Crippen LogP contribution in [0.25, 0.3) is 11.8 Å². The van der Waals surface area contributed by atoms with Crippen molar-refractivity contribution in [2.45, 2.75) is 20.8 Å². The lowest BCUT2D eigenvalue weighted by atomic mass is 10.1. The van der Waals surface area contributed by atoms with Crippen molar-refractivity contribution in [2.75, 3.05) is 0 Å². The van der Waals surface area contributed by atoms with Crippen LogP contribution in [0.15, 0.2) is 68.8 Å². The molecule has 2 aliphatic heterocycles. The Morgan fingerprint density at radius 2 is 1.94 bits per heavy atom. The highest BCUT2D eigenvalue weighted by Crippen LogP contribution is 2.32. The van der Waals surface area contributed by atoms with Gasteiger partial charge >= 0.3 is 0 Å². The van der Waals surface area contributed by atoms with Crippen molar-refractivity contribution in [1.82, 2.24) is 9.58 Å². The average molecular weight is 430 g/mol. The molecule has 1 aromatic carbocycles. The van der Waals surface area contributed by atoms with Crippen LogP contribution in [0.2, 0.25) is 0 Å². The molecule has 0 aliphatic carbocycles. The predicted molar refractivity (Wildman–Crippen MR) is 123 cm³/mol. The van der Waals surface area contributed by atoms with Gasteiger partial charge in [-0.25, -0.2) is 0 Å². The van der Waals surface area contributed by atoms with E-state index in [0.29, 0.717) is 16.0 Å². The van der Waals surface area contributed by atoms with Crippen molar-refractivity contribution < 1.29 is 9.21 Å². The Hall–Kier alpha value is -3.65. The second-order valence-electron chi connectivity index (χ2n) is 7.35. The Labute approximate surface area is 183 Å². The molecule has 0 saturated heterocycles. The number of fused-ring (bicyclic) bond motifs is 1. The van der Waals surface area contributed by atoms with Gasteiger partial charge < -0.3 is 8.98 Å². The summed E-state index contributed by atoms with van der Waals surface area (Å²) in [5.74, 6) is 0.139. The van der Waals surface area contributed by atoms with Crippen LogP contribution < -0.4 is 0 Å². The highest BCUT2D eigenvalue weighted by atomic mass is 32.2. The van der Waals surface area contributed by atoms with Gasteiger partial charge in [0.1, 0.15) is 0 Å². The molecule has 0 bridgehead atoms. The molecule has 5 rings (SSSR count). The SMILES string of the molecule is Cc1ccccc1-n1c(C)cc(/C=C2\C(=N)N3N=C(c4ccco4)SC3=NC2=O)c1C. The molecule has 7 nitrogen and oxygen atoms in total. The Morgan fingerprint density at radius 3 is 2.68 bits per heavy atom. The van der Waals surface area contributed by atoms with Crippen LogP contribution in [0.3, 0.4) is 0 Å². The number of aryl methyl sites for hydroxylation is 2. The molecule has 154 valence electrons. The first-order valence-electron chi connectivity index (χ1n) is 9.73. The normalized spacial score (nSPS) is 17.3. The van der Waals surface area contributed by atoms with E-state index < -0.39 is 5.91 Å². The van der Waals surface area contributed by atoms with Gasteiger partial charge in [-0.3, -0.25) is 10.2 Å². The third kappa shape index (κ3) is 3.16. The number of hydrogen-bond donors (Lipinski definition) is 1. The fourth-order valence-electron chi connectivity index (χ4n) is 3.77. The molecule has 31 heavy (non-hydrogen) atoms. The number of benzene rings is 1. The van der Waals surface area contributed by atoms with E-state index in [4.69, 9.17) is 9.83 Å². The zero-order valence-corrected chi connectivity index (χ0v) is 18.0. The molecule has 0 fully saturated rings. The van der Waals surface area contributed by atoms with Gasteiger partial charge in [-0.15, -0.1) is 0 Å². The molecule has 4 heterocycles. The van der Waals surface area contributed by atoms with Gasteiger partial charge in [0, 0.05) is 17.1 Å².